The van der Waals surface area contributed by atoms with Gasteiger partial charge in [0.2, 0.25) is 0 Å². The summed E-state index contributed by atoms with van der Waals surface area (Å²) < 4.78 is 5.34. The number of nitrogens with zero attached hydrogens (tertiary/aromatic N) is 1. The Bertz CT molecular complexity index is 413. The first kappa shape index (κ1) is 17.5. The highest BCUT2D eigenvalue weighted by molar-refractivity contribution is 5.94. The molecule has 0 saturated carbocycles. The molecule has 0 saturated heterocycles. The van der Waals surface area contributed by atoms with E-state index in [1.165, 1.54) is 25.7 Å². The topological polar surface area (TPSA) is 55.6 Å². The molecule has 0 fully saturated rings. The fourth-order valence-electron chi connectivity index (χ4n) is 2.13. The van der Waals surface area contributed by atoms with Gasteiger partial charge in [0.25, 0.3) is 0 Å². The van der Waals surface area contributed by atoms with Crippen LogP contribution >= 0.6 is 0 Å². The molecule has 118 valence electrons. The Morgan fingerprint density at radius 3 is 2.29 bits per heavy atom. The number of rotatable bonds is 10. The molecule has 2 N–H and O–H groups in total. The number of hydrogen-bond acceptors (Lipinski definition) is 4. The number of anilines is 1. The van der Waals surface area contributed by atoms with Gasteiger partial charge >= 0.3 is 5.97 Å². The molecule has 0 aliphatic rings. The Hall–Kier alpha value is -1.55. The minimum absolute atomic E-state index is 0.334. The van der Waals surface area contributed by atoms with E-state index >= 15 is 0 Å². The highest BCUT2D eigenvalue weighted by Crippen LogP contribution is 2.11. The fraction of sp³-hybridized carbons (Fsp3) is 0.588. The van der Waals surface area contributed by atoms with Crippen LogP contribution in [0.2, 0.25) is 0 Å². The maximum absolute atomic E-state index is 12.0. The van der Waals surface area contributed by atoms with Gasteiger partial charge in [0, 0.05) is 12.2 Å². The molecular formula is C17H28N2O2. The van der Waals surface area contributed by atoms with E-state index in [0.717, 1.165) is 19.6 Å². The third-order valence-corrected chi connectivity index (χ3v) is 3.48. The molecule has 0 unspecified atom stereocenters. The number of ether oxygens (including phenoxy) is 1. The molecule has 1 aromatic carbocycles. The van der Waals surface area contributed by atoms with Gasteiger partial charge in [-0.05, 0) is 38.1 Å². The van der Waals surface area contributed by atoms with Crippen molar-refractivity contribution in [2.24, 2.45) is 0 Å². The lowest BCUT2D eigenvalue weighted by atomic mass is 10.2. The molecule has 0 radical (unpaired) electrons. The first-order valence-electron chi connectivity index (χ1n) is 7.93. The Labute approximate surface area is 128 Å². The number of benzene rings is 1. The molecule has 0 aliphatic heterocycles. The van der Waals surface area contributed by atoms with Crippen molar-refractivity contribution in [3.8, 4) is 0 Å². The summed E-state index contributed by atoms with van der Waals surface area (Å²) in [5.74, 6) is -0.334. The van der Waals surface area contributed by atoms with Crippen LogP contribution in [0.25, 0.3) is 0 Å². The van der Waals surface area contributed by atoms with Crippen LogP contribution < -0.4 is 5.73 Å². The molecule has 0 bridgehead atoms. The van der Waals surface area contributed by atoms with Crippen LogP contribution in [0.1, 0.15) is 49.9 Å². The van der Waals surface area contributed by atoms with Crippen molar-refractivity contribution in [1.29, 1.82) is 0 Å². The van der Waals surface area contributed by atoms with E-state index in [1.54, 1.807) is 18.2 Å². The summed E-state index contributed by atoms with van der Waals surface area (Å²) >= 11 is 0. The van der Waals surface area contributed by atoms with Crippen molar-refractivity contribution in [3.05, 3.63) is 29.8 Å². The van der Waals surface area contributed by atoms with Crippen LogP contribution in [0, 0.1) is 0 Å². The molecule has 0 heterocycles. The number of carbonyl (C=O) groups is 1. The molecule has 4 heteroatoms. The van der Waals surface area contributed by atoms with Crippen LogP contribution in [0.5, 0.6) is 0 Å². The molecule has 4 nitrogen and oxygen atoms in total. The van der Waals surface area contributed by atoms with Gasteiger partial charge < -0.3 is 10.5 Å². The average Bonchev–Trinajstić information content (AvgIpc) is 2.49. The summed E-state index contributed by atoms with van der Waals surface area (Å²) in [6.45, 7) is 7.73. The first-order valence-corrected chi connectivity index (χ1v) is 7.93. The monoisotopic (exact) mass is 292 g/mol. The quantitative estimate of drug-likeness (QED) is 0.531. The zero-order valence-electron chi connectivity index (χ0n) is 13.3. The minimum Gasteiger partial charge on any atom is -0.461 e. The van der Waals surface area contributed by atoms with Gasteiger partial charge in [-0.3, -0.25) is 4.90 Å². The van der Waals surface area contributed by atoms with Crippen LogP contribution in [-0.4, -0.2) is 37.1 Å². The maximum Gasteiger partial charge on any atom is 0.340 e. The largest absolute Gasteiger partial charge is 0.461 e. The predicted molar refractivity (Wildman–Crippen MR) is 87.4 cm³/mol. The summed E-state index contributed by atoms with van der Waals surface area (Å²) in [6.07, 6.45) is 4.73. The second-order valence-electron chi connectivity index (χ2n) is 5.27. The second-order valence-corrected chi connectivity index (χ2v) is 5.27. The van der Waals surface area contributed by atoms with E-state index in [2.05, 4.69) is 18.7 Å². The number of unbranched alkanes of at least 4 members (excludes halogenated alkanes) is 2. The lowest BCUT2D eigenvalue weighted by molar-refractivity contribution is 0.0461. The van der Waals surface area contributed by atoms with Gasteiger partial charge in [0.1, 0.15) is 6.61 Å². The highest BCUT2D eigenvalue weighted by atomic mass is 16.5. The van der Waals surface area contributed by atoms with E-state index < -0.39 is 0 Å². The van der Waals surface area contributed by atoms with Crippen molar-refractivity contribution >= 4 is 11.7 Å². The van der Waals surface area contributed by atoms with Gasteiger partial charge in [-0.25, -0.2) is 4.79 Å². The predicted octanol–water partition coefficient (Wildman–Crippen LogP) is 3.33. The Kier molecular flexibility index (Phi) is 8.51. The molecule has 1 rings (SSSR count). The van der Waals surface area contributed by atoms with Crippen molar-refractivity contribution in [2.75, 3.05) is 32.0 Å². The van der Waals surface area contributed by atoms with Crippen LogP contribution in [0.3, 0.4) is 0 Å². The molecule has 0 aromatic heterocycles. The van der Waals surface area contributed by atoms with Crippen molar-refractivity contribution < 1.29 is 9.53 Å². The third kappa shape index (κ3) is 6.63. The van der Waals surface area contributed by atoms with E-state index in [-0.39, 0.29) is 5.97 Å². The summed E-state index contributed by atoms with van der Waals surface area (Å²) in [4.78, 5) is 14.3. The standard InChI is InChI=1S/C17H28N2O2/c1-3-5-11-19(12-6-4-2)13-14-21-17(20)15-9-7-8-10-16(15)18/h7-10H,3-6,11-14,18H2,1-2H3. The SMILES string of the molecule is CCCCN(CCCC)CCOC(=O)c1ccccc1N. The maximum atomic E-state index is 12.0. The van der Waals surface area contributed by atoms with E-state index in [0.29, 0.717) is 17.9 Å². The minimum atomic E-state index is -0.334. The van der Waals surface area contributed by atoms with Gasteiger partial charge in [-0.15, -0.1) is 0 Å². The lowest BCUT2D eigenvalue weighted by Crippen LogP contribution is -2.30. The summed E-state index contributed by atoms with van der Waals surface area (Å²) in [5, 5.41) is 0. The smallest absolute Gasteiger partial charge is 0.340 e. The van der Waals surface area contributed by atoms with Crippen molar-refractivity contribution in [2.45, 2.75) is 39.5 Å². The molecule has 0 aliphatic carbocycles. The fourth-order valence-corrected chi connectivity index (χ4v) is 2.13. The number of nitrogens with two attached hydrogens (primary N) is 1. The third-order valence-electron chi connectivity index (χ3n) is 3.48. The van der Waals surface area contributed by atoms with Crippen LogP contribution in [-0.2, 0) is 4.74 Å². The Morgan fingerprint density at radius 2 is 1.71 bits per heavy atom. The van der Waals surface area contributed by atoms with E-state index in [4.69, 9.17) is 10.5 Å². The molecule has 0 atom stereocenters. The van der Waals surface area contributed by atoms with Gasteiger partial charge in [0.15, 0.2) is 0 Å². The molecular weight excluding hydrogens is 264 g/mol. The number of para-hydroxylation sites is 1. The Morgan fingerprint density at radius 1 is 1.10 bits per heavy atom. The Balaban J connectivity index is 2.38. The second kappa shape index (κ2) is 10.2. The van der Waals surface area contributed by atoms with Gasteiger partial charge in [-0.2, -0.15) is 0 Å². The summed E-state index contributed by atoms with van der Waals surface area (Å²) in [6, 6.07) is 7.01. The number of hydrogen-bond donors (Lipinski definition) is 1. The highest BCUT2D eigenvalue weighted by Gasteiger charge is 2.11. The van der Waals surface area contributed by atoms with Crippen LogP contribution in [0.15, 0.2) is 24.3 Å². The number of esters is 1. The van der Waals surface area contributed by atoms with Crippen LogP contribution in [0.4, 0.5) is 5.69 Å². The lowest BCUT2D eigenvalue weighted by Gasteiger charge is -2.21. The zero-order chi connectivity index (χ0) is 15.5. The number of nitrogen functional groups attached to an aromatic ring is 1. The normalized spacial score (nSPS) is 10.8. The van der Waals surface area contributed by atoms with E-state index in [1.807, 2.05) is 6.07 Å². The summed E-state index contributed by atoms with van der Waals surface area (Å²) in [7, 11) is 0. The zero-order valence-corrected chi connectivity index (χ0v) is 13.3. The van der Waals surface area contributed by atoms with Crippen molar-refractivity contribution in [3.63, 3.8) is 0 Å². The molecule has 0 amide bonds. The molecule has 1 aromatic rings. The van der Waals surface area contributed by atoms with Crippen molar-refractivity contribution in [1.82, 2.24) is 4.90 Å². The van der Waals surface area contributed by atoms with Gasteiger partial charge in [0.05, 0.1) is 5.56 Å². The number of carbonyl (C=O) groups excluding carboxylic acids is 1. The van der Waals surface area contributed by atoms with Gasteiger partial charge in [-0.1, -0.05) is 38.8 Å². The molecule has 21 heavy (non-hydrogen) atoms. The molecule has 0 spiro atoms. The average molecular weight is 292 g/mol. The van der Waals surface area contributed by atoms with E-state index in [9.17, 15) is 4.79 Å². The summed E-state index contributed by atoms with van der Waals surface area (Å²) in [5.41, 5.74) is 6.69. The first-order chi connectivity index (χ1) is 10.2.